The quantitative estimate of drug-likeness (QED) is 0.302. The summed E-state index contributed by atoms with van der Waals surface area (Å²) in [4.78, 5) is 0. The zero-order valence-corrected chi connectivity index (χ0v) is 9.23. The molecular weight excluding hydrogens is 188 g/mol. The summed E-state index contributed by atoms with van der Waals surface area (Å²) in [5.41, 5.74) is 0. The largest absolute Gasteiger partial charge is 2.00 e. The first kappa shape index (κ1) is 16.5. The molecule has 9 heavy (non-hydrogen) atoms. The SMILES string of the molecule is C=CC([CH2-])C(C)C.[Br-].[Mg+2]. The molecule has 2 heteroatoms. The number of hydrogen-bond donors (Lipinski definition) is 0. The predicted molar refractivity (Wildman–Crippen MR) is 39.6 cm³/mol. The van der Waals surface area contributed by atoms with Gasteiger partial charge < -0.3 is 23.9 Å². The molecular formula is C7H13BrMg. The van der Waals surface area contributed by atoms with Crippen molar-refractivity contribution in [2.45, 2.75) is 13.8 Å². The maximum atomic E-state index is 3.84. The maximum Gasteiger partial charge on any atom is 2.00 e. The van der Waals surface area contributed by atoms with Crippen molar-refractivity contribution in [3.05, 3.63) is 19.6 Å². The zero-order chi connectivity index (χ0) is 5.86. The molecule has 0 radical (unpaired) electrons. The Labute approximate surface area is 85.0 Å². The van der Waals surface area contributed by atoms with Crippen LogP contribution >= 0.6 is 0 Å². The molecule has 0 spiro atoms. The third kappa shape index (κ3) is 8.99. The average Bonchev–Trinajstić information content (AvgIpc) is 1.65. The predicted octanol–water partition coefficient (Wildman–Crippen LogP) is -1.10. The van der Waals surface area contributed by atoms with Crippen molar-refractivity contribution in [2.75, 3.05) is 0 Å². The summed E-state index contributed by atoms with van der Waals surface area (Å²) in [7, 11) is 0. The van der Waals surface area contributed by atoms with Crippen LogP contribution in [0.25, 0.3) is 0 Å². The van der Waals surface area contributed by atoms with Gasteiger partial charge in [-0.1, -0.05) is 19.8 Å². The molecule has 0 bridgehead atoms. The van der Waals surface area contributed by atoms with Gasteiger partial charge in [-0.05, 0) is 0 Å². The first-order valence-corrected chi connectivity index (χ1v) is 2.64. The Morgan fingerprint density at radius 2 is 1.78 bits per heavy atom. The molecule has 0 saturated heterocycles. The van der Waals surface area contributed by atoms with Gasteiger partial charge in [0.05, 0.1) is 0 Å². The second-order valence-corrected chi connectivity index (χ2v) is 2.14. The Morgan fingerprint density at radius 1 is 1.44 bits per heavy atom. The Hall–Kier alpha value is 0.986. The van der Waals surface area contributed by atoms with Crippen LogP contribution in [0.3, 0.4) is 0 Å². The summed E-state index contributed by atoms with van der Waals surface area (Å²) >= 11 is 0. The standard InChI is InChI=1S/C7H13.BrH.Mg/c1-5-7(4)6(2)3;;/h5-7H,1,4H2,2-3H3;1H;/q-1;;+2/p-1. The fourth-order valence-corrected chi connectivity index (χ4v) is 0.272. The molecule has 0 heterocycles. The van der Waals surface area contributed by atoms with Crippen molar-refractivity contribution in [3.8, 4) is 0 Å². The van der Waals surface area contributed by atoms with E-state index >= 15 is 0 Å². The second-order valence-electron chi connectivity index (χ2n) is 2.14. The molecule has 0 fully saturated rings. The van der Waals surface area contributed by atoms with Crippen LogP contribution in [0.4, 0.5) is 0 Å². The molecule has 0 aliphatic carbocycles. The average molecular weight is 201 g/mol. The Balaban J connectivity index is -0.000000180. The van der Waals surface area contributed by atoms with Crippen molar-refractivity contribution in [1.82, 2.24) is 0 Å². The van der Waals surface area contributed by atoms with Crippen LogP contribution in [-0.2, 0) is 0 Å². The minimum Gasteiger partial charge on any atom is -1.00 e. The van der Waals surface area contributed by atoms with Gasteiger partial charge in [0.15, 0.2) is 0 Å². The van der Waals surface area contributed by atoms with Gasteiger partial charge in [-0.25, -0.2) is 0 Å². The molecule has 50 valence electrons. The van der Waals surface area contributed by atoms with Gasteiger partial charge in [0, 0.05) is 0 Å². The van der Waals surface area contributed by atoms with Crippen molar-refractivity contribution in [3.63, 3.8) is 0 Å². The number of allylic oxidation sites excluding steroid dienone is 1. The molecule has 0 rings (SSSR count). The molecule has 0 aromatic heterocycles. The summed E-state index contributed by atoms with van der Waals surface area (Å²) in [5, 5.41) is 0. The van der Waals surface area contributed by atoms with Gasteiger partial charge in [0.2, 0.25) is 0 Å². The van der Waals surface area contributed by atoms with E-state index in [1.54, 1.807) is 0 Å². The third-order valence-electron chi connectivity index (χ3n) is 1.16. The smallest absolute Gasteiger partial charge is 1.00 e. The summed E-state index contributed by atoms with van der Waals surface area (Å²) < 4.78 is 0. The van der Waals surface area contributed by atoms with E-state index in [0.29, 0.717) is 11.8 Å². The van der Waals surface area contributed by atoms with Gasteiger partial charge >= 0.3 is 23.1 Å². The molecule has 0 N–H and O–H groups in total. The minimum atomic E-state index is 0. The number of halogens is 1. The van der Waals surface area contributed by atoms with E-state index < -0.39 is 0 Å². The molecule has 0 nitrogen and oxygen atoms in total. The van der Waals surface area contributed by atoms with Crippen molar-refractivity contribution < 1.29 is 17.0 Å². The summed E-state index contributed by atoms with van der Waals surface area (Å²) in [5.74, 6) is 1.05. The van der Waals surface area contributed by atoms with Crippen molar-refractivity contribution >= 4 is 23.1 Å². The van der Waals surface area contributed by atoms with E-state index in [9.17, 15) is 0 Å². The van der Waals surface area contributed by atoms with Crippen molar-refractivity contribution in [1.29, 1.82) is 0 Å². The molecule has 0 saturated carbocycles. The summed E-state index contributed by atoms with van der Waals surface area (Å²) in [6.45, 7) is 11.7. The van der Waals surface area contributed by atoms with Crippen LogP contribution in [0.2, 0.25) is 0 Å². The molecule has 0 aliphatic rings. The van der Waals surface area contributed by atoms with Crippen LogP contribution in [0.1, 0.15) is 13.8 Å². The van der Waals surface area contributed by atoms with Gasteiger partial charge in [0.25, 0.3) is 0 Å². The maximum absolute atomic E-state index is 3.84. The van der Waals surface area contributed by atoms with E-state index in [1.807, 2.05) is 6.08 Å². The minimum absolute atomic E-state index is 0. The molecule has 0 aliphatic heterocycles. The fourth-order valence-electron chi connectivity index (χ4n) is 0.272. The van der Waals surface area contributed by atoms with E-state index in [4.69, 9.17) is 0 Å². The van der Waals surface area contributed by atoms with Gasteiger partial charge in [-0.2, -0.15) is 0 Å². The van der Waals surface area contributed by atoms with Gasteiger partial charge in [0.1, 0.15) is 0 Å². The third-order valence-corrected chi connectivity index (χ3v) is 1.16. The van der Waals surface area contributed by atoms with Crippen LogP contribution in [0.5, 0.6) is 0 Å². The fraction of sp³-hybridized carbons (Fsp3) is 0.571. The van der Waals surface area contributed by atoms with Crippen LogP contribution < -0.4 is 17.0 Å². The first-order valence-electron chi connectivity index (χ1n) is 2.64. The Bertz CT molecular complexity index is 61.9. The van der Waals surface area contributed by atoms with Crippen LogP contribution in [0.15, 0.2) is 12.7 Å². The van der Waals surface area contributed by atoms with E-state index in [1.165, 1.54) is 0 Å². The van der Waals surface area contributed by atoms with E-state index in [-0.39, 0.29) is 40.0 Å². The number of hydrogen-bond acceptors (Lipinski definition) is 0. The van der Waals surface area contributed by atoms with Crippen LogP contribution in [-0.4, -0.2) is 23.1 Å². The second kappa shape index (κ2) is 8.99. The summed E-state index contributed by atoms with van der Waals surface area (Å²) in [6.07, 6.45) is 1.88. The number of rotatable bonds is 2. The molecule has 1 unspecified atom stereocenters. The molecule has 0 aromatic rings. The summed E-state index contributed by atoms with van der Waals surface area (Å²) in [6, 6.07) is 0. The van der Waals surface area contributed by atoms with Crippen LogP contribution in [0, 0.1) is 18.8 Å². The molecule has 1 atom stereocenters. The van der Waals surface area contributed by atoms with Gasteiger partial charge in [-0.3, -0.25) is 0 Å². The molecule has 0 amide bonds. The topological polar surface area (TPSA) is 0 Å². The Kier molecular flexibility index (Phi) is 16.5. The first-order chi connectivity index (χ1) is 3.18. The van der Waals surface area contributed by atoms with E-state index in [2.05, 4.69) is 27.4 Å². The van der Waals surface area contributed by atoms with Gasteiger partial charge in [-0.15, -0.1) is 18.6 Å². The monoisotopic (exact) mass is 200 g/mol. The zero-order valence-electron chi connectivity index (χ0n) is 6.23. The molecule has 0 aromatic carbocycles. The normalized spacial score (nSPS) is 11.1. The van der Waals surface area contributed by atoms with E-state index in [0.717, 1.165) is 0 Å². The van der Waals surface area contributed by atoms with Crippen molar-refractivity contribution in [2.24, 2.45) is 11.8 Å². The Morgan fingerprint density at radius 3 is 1.78 bits per heavy atom.